The van der Waals surface area contributed by atoms with Gasteiger partial charge in [-0.05, 0) is 37.1 Å². The second kappa shape index (κ2) is 6.10. The van der Waals surface area contributed by atoms with E-state index < -0.39 is 20.0 Å². The van der Waals surface area contributed by atoms with Crippen LogP contribution in [0.1, 0.15) is 12.8 Å². The second-order valence-corrected chi connectivity index (χ2v) is 9.62. The lowest BCUT2D eigenvalue weighted by Crippen LogP contribution is -2.37. The zero-order valence-electron chi connectivity index (χ0n) is 12.0. The summed E-state index contributed by atoms with van der Waals surface area (Å²) >= 11 is 1.18. The standard InChI is InChI=1S/C13H15N3O4S3/c17-22(18)10-2-1-8-16(22)11-3-5-12(6-4-11)23(19,20)15-13-14-7-9-21-13/h3-7,9H,1-2,8,10H2,(H,14,15). The Morgan fingerprint density at radius 3 is 2.52 bits per heavy atom. The van der Waals surface area contributed by atoms with Gasteiger partial charge in [0.25, 0.3) is 10.0 Å². The third-order valence-electron chi connectivity index (χ3n) is 3.44. The Bertz CT molecular complexity index is 875. The molecule has 1 aromatic heterocycles. The van der Waals surface area contributed by atoms with Crippen LogP contribution in [0.2, 0.25) is 0 Å². The quantitative estimate of drug-likeness (QED) is 0.882. The van der Waals surface area contributed by atoms with Gasteiger partial charge in [-0.3, -0.25) is 9.03 Å². The molecule has 7 nitrogen and oxygen atoms in total. The highest BCUT2D eigenvalue weighted by molar-refractivity contribution is 7.93. The first-order chi connectivity index (χ1) is 10.9. The molecule has 2 aromatic rings. The fraction of sp³-hybridized carbons (Fsp3) is 0.308. The smallest absolute Gasteiger partial charge is 0.263 e. The molecule has 10 heteroatoms. The predicted molar refractivity (Wildman–Crippen MR) is 89.7 cm³/mol. The minimum Gasteiger partial charge on any atom is -0.270 e. The van der Waals surface area contributed by atoms with Crippen molar-refractivity contribution in [3.05, 3.63) is 35.8 Å². The van der Waals surface area contributed by atoms with Crippen LogP contribution in [0.15, 0.2) is 40.7 Å². The molecule has 2 heterocycles. The highest BCUT2D eigenvalue weighted by atomic mass is 32.2. The topological polar surface area (TPSA) is 96.4 Å². The van der Waals surface area contributed by atoms with Gasteiger partial charge in [0.1, 0.15) is 0 Å². The van der Waals surface area contributed by atoms with Crippen molar-refractivity contribution in [3.63, 3.8) is 0 Å². The second-order valence-electron chi connectivity index (χ2n) is 5.03. The highest BCUT2D eigenvalue weighted by Gasteiger charge is 2.26. The third-order valence-corrected chi connectivity index (χ3v) is 7.48. The van der Waals surface area contributed by atoms with Crippen LogP contribution in [-0.4, -0.2) is 34.1 Å². The third kappa shape index (κ3) is 3.48. The summed E-state index contributed by atoms with van der Waals surface area (Å²) in [6, 6.07) is 5.82. The molecule has 0 bridgehead atoms. The monoisotopic (exact) mass is 373 g/mol. The Labute approximate surface area is 139 Å². The van der Waals surface area contributed by atoms with Gasteiger partial charge in [-0.2, -0.15) is 0 Å². The molecular weight excluding hydrogens is 358 g/mol. The minimum absolute atomic E-state index is 0.0610. The number of thiazole rings is 1. The number of benzene rings is 1. The molecule has 23 heavy (non-hydrogen) atoms. The Kier molecular flexibility index (Phi) is 4.30. The normalized spacial score (nSPS) is 17.8. The van der Waals surface area contributed by atoms with Crippen molar-refractivity contribution in [2.24, 2.45) is 0 Å². The minimum atomic E-state index is -3.73. The Hall–Kier alpha value is -1.65. The van der Waals surface area contributed by atoms with Crippen LogP contribution in [0.4, 0.5) is 10.8 Å². The largest absolute Gasteiger partial charge is 0.270 e. The maximum atomic E-state index is 12.2. The number of rotatable bonds is 4. The van der Waals surface area contributed by atoms with E-state index >= 15 is 0 Å². The van der Waals surface area contributed by atoms with Gasteiger partial charge in [0.05, 0.1) is 16.3 Å². The van der Waals surface area contributed by atoms with Crippen molar-refractivity contribution in [2.45, 2.75) is 17.7 Å². The molecule has 1 saturated heterocycles. The Morgan fingerprint density at radius 2 is 1.91 bits per heavy atom. The van der Waals surface area contributed by atoms with Crippen LogP contribution in [0.25, 0.3) is 0 Å². The fourth-order valence-electron chi connectivity index (χ4n) is 2.32. The van der Waals surface area contributed by atoms with E-state index in [4.69, 9.17) is 0 Å². The summed E-state index contributed by atoms with van der Waals surface area (Å²) in [6.45, 7) is 0.422. The first kappa shape index (κ1) is 16.2. The van der Waals surface area contributed by atoms with Crippen molar-refractivity contribution < 1.29 is 16.8 Å². The summed E-state index contributed by atoms with van der Waals surface area (Å²) < 4.78 is 52.3. The zero-order valence-corrected chi connectivity index (χ0v) is 14.5. The lowest BCUT2D eigenvalue weighted by Gasteiger charge is -2.28. The van der Waals surface area contributed by atoms with E-state index in [0.717, 1.165) is 6.42 Å². The van der Waals surface area contributed by atoms with Crippen molar-refractivity contribution in [2.75, 3.05) is 21.3 Å². The van der Waals surface area contributed by atoms with E-state index in [9.17, 15) is 16.8 Å². The Morgan fingerprint density at radius 1 is 1.17 bits per heavy atom. The van der Waals surface area contributed by atoms with Crippen molar-refractivity contribution in [3.8, 4) is 0 Å². The molecule has 1 N–H and O–H groups in total. The number of aromatic nitrogens is 1. The molecule has 1 aromatic carbocycles. The molecule has 1 aliphatic rings. The van der Waals surface area contributed by atoms with Crippen LogP contribution >= 0.6 is 11.3 Å². The summed E-state index contributed by atoms with van der Waals surface area (Å²) in [4.78, 5) is 3.94. The molecule has 3 rings (SSSR count). The lowest BCUT2D eigenvalue weighted by molar-refractivity contribution is 0.574. The number of hydrogen-bond donors (Lipinski definition) is 1. The first-order valence-corrected chi connectivity index (χ1v) is 10.9. The number of hydrogen-bond acceptors (Lipinski definition) is 6. The van der Waals surface area contributed by atoms with Gasteiger partial charge in [0.15, 0.2) is 5.13 Å². The number of sulfonamides is 2. The van der Waals surface area contributed by atoms with E-state index in [1.54, 1.807) is 5.38 Å². The van der Waals surface area contributed by atoms with Crippen LogP contribution in [0.3, 0.4) is 0 Å². The Balaban J connectivity index is 1.84. The summed E-state index contributed by atoms with van der Waals surface area (Å²) in [7, 11) is -7.04. The van der Waals surface area contributed by atoms with E-state index in [-0.39, 0.29) is 15.8 Å². The highest BCUT2D eigenvalue weighted by Crippen LogP contribution is 2.25. The number of nitrogens with zero attached hydrogens (tertiary/aromatic N) is 2. The van der Waals surface area contributed by atoms with E-state index in [1.165, 1.54) is 46.1 Å². The summed E-state index contributed by atoms with van der Waals surface area (Å²) in [5.41, 5.74) is 0.484. The van der Waals surface area contributed by atoms with Crippen LogP contribution < -0.4 is 9.03 Å². The molecule has 0 atom stereocenters. The van der Waals surface area contributed by atoms with Gasteiger partial charge >= 0.3 is 0 Å². The van der Waals surface area contributed by atoms with Crippen LogP contribution in [-0.2, 0) is 20.0 Å². The maximum Gasteiger partial charge on any atom is 0.263 e. The number of anilines is 2. The van der Waals surface area contributed by atoms with E-state index in [0.29, 0.717) is 18.7 Å². The predicted octanol–water partition coefficient (Wildman–Crippen LogP) is 1.87. The van der Waals surface area contributed by atoms with E-state index in [1.807, 2.05) is 0 Å². The molecule has 124 valence electrons. The average molecular weight is 373 g/mol. The van der Waals surface area contributed by atoms with Crippen molar-refractivity contribution in [1.29, 1.82) is 0 Å². The van der Waals surface area contributed by atoms with Crippen LogP contribution in [0, 0.1) is 0 Å². The van der Waals surface area contributed by atoms with Crippen molar-refractivity contribution in [1.82, 2.24) is 4.98 Å². The van der Waals surface area contributed by atoms with Gasteiger partial charge in [-0.1, -0.05) is 0 Å². The van der Waals surface area contributed by atoms with Gasteiger partial charge in [0.2, 0.25) is 10.0 Å². The van der Waals surface area contributed by atoms with Gasteiger partial charge in [-0.25, -0.2) is 21.8 Å². The average Bonchev–Trinajstić information content (AvgIpc) is 2.99. The first-order valence-electron chi connectivity index (χ1n) is 6.91. The zero-order chi connectivity index (χ0) is 16.5. The fourth-order valence-corrected chi connectivity index (χ4v) is 5.75. The molecule has 0 spiro atoms. The summed E-state index contributed by atoms with van der Waals surface area (Å²) in [5.74, 6) is 0.124. The van der Waals surface area contributed by atoms with Gasteiger partial charge in [0, 0.05) is 18.1 Å². The summed E-state index contributed by atoms with van der Waals surface area (Å²) in [6.07, 6.45) is 2.96. The molecular formula is C13H15N3O4S3. The molecule has 0 radical (unpaired) electrons. The van der Waals surface area contributed by atoms with Gasteiger partial charge in [-0.15, -0.1) is 11.3 Å². The molecule has 0 unspecified atom stereocenters. The molecule has 0 saturated carbocycles. The van der Waals surface area contributed by atoms with Gasteiger partial charge < -0.3 is 0 Å². The lowest BCUT2D eigenvalue weighted by atomic mass is 10.3. The summed E-state index contributed by atoms with van der Waals surface area (Å²) in [5, 5.41) is 1.95. The van der Waals surface area contributed by atoms with Crippen molar-refractivity contribution >= 4 is 42.2 Å². The molecule has 1 fully saturated rings. The molecule has 0 aliphatic carbocycles. The van der Waals surface area contributed by atoms with Crippen LogP contribution in [0.5, 0.6) is 0 Å². The van der Waals surface area contributed by atoms with E-state index in [2.05, 4.69) is 9.71 Å². The molecule has 0 amide bonds. The SMILES string of the molecule is O=S(=O)(Nc1nccs1)c1ccc(N2CCCCS2(=O)=O)cc1. The maximum absolute atomic E-state index is 12.2. The molecule has 1 aliphatic heterocycles. The number of nitrogens with one attached hydrogen (secondary N) is 1.